The SMILES string of the molecule is Nc1cc(-c2cccc(Br)c2)cc(F)c1C(=O)O. The number of halogens is 2. The molecule has 0 aliphatic heterocycles. The van der Waals surface area contributed by atoms with E-state index in [9.17, 15) is 9.18 Å². The first-order chi connectivity index (χ1) is 8.49. The lowest BCUT2D eigenvalue weighted by Crippen LogP contribution is -2.06. The molecule has 0 saturated heterocycles. The van der Waals surface area contributed by atoms with Crippen LogP contribution in [0.3, 0.4) is 0 Å². The molecule has 0 radical (unpaired) electrons. The van der Waals surface area contributed by atoms with E-state index < -0.39 is 17.3 Å². The fourth-order valence-electron chi connectivity index (χ4n) is 1.69. The van der Waals surface area contributed by atoms with Crippen molar-refractivity contribution in [3.63, 3.8) is 0 Å². The Balaban J connectivity index is 2.58. The molecule has 0 aliphatic rings. The van der Waals surface area contributed by atoms with E-state index in [0.29, 0.717) is 5.56 Å². The minimum Gasteiger partial charge on any atom is -0.478 e. The summed E-state index contributed by atoms with van der Waals surface area (Å²) in [6.45, 7) is 0. The smallest absolute Gasteiger partial charge is 0.340 e. The van der Waals surface area contributed by atoms with Gasteiger partial charge < -0.3 is 10.8 Å². The van der Waals surface area contributed by atoms with Crippen molar-refractivity contribution in [2.45, 2.75) is 0 Å². The van der Waals surface area contributed by atoms with Crippen molar-refractivity contribution in [2.75, 3.05) is 5.73 Å². The van der Waals surface area contributed by atoms with Crippen LogP contribution in [0.2, 0.25) is 0 Å². The summed E-state index contributed by atoms with van der Waals surface area (Å²) in [6.07, 6.45) is 0. The van der Waals surface area contributed by atoms with Crippen LogP contribution in [-0.4, -0.2) is 11.1 Å². The zero-order valence-electron chi connectivity index (χ0n) is 9.15. The molecule has 0 spiro atoms. The third-order valence-corrected chi connectivity index (χ3v) is 2.99. The molecule has 5 heteroatoms. The highest BCUT2D eigenvalue weighted by molar-refractivity contribution is 9.10. The molecule has 0 atom stereocenters. The van der Waals surface area contributed by atoms with Gasteiger partial charge in [-0.05, 0) is 35.4 Å². The fourth-order valence-corrected chi connectivity index (χ4v) is 2.09. The van der Waals surface area contributed by atoms with Gasteiger partial charge in [-0.3, -0.25) is 0 Å². The Morgan fingerprint density at radius 2 is 1.94 bits per heavy atom. The first-order valence-electron chi connectivity index (χ1n) is 5.07. The van der Waals surface area contributed by atoms with Gasteiger partial charge in [-0.15, -0.1) is 0 Å². The second kappa shape index (κ2) is 4.78. The van der Waals surface area contributed by atoms with Crippen molar-refractivity contribution in [2.24, 2.45) is 0 Å². The van der Waals surface area contributed by atoms with Crippen molar-refractivity contribution >= 4 is 27.6 Å². The first kappa shape index (κ1) is 12.6. The Labute approximate surface area is 111 Å². The van der Waals surface area contributed by atoms with Crippen molar-refractivity contribution in [1.82, 2.24) is 0 Å². The van der Waals surface area contributed by atoms with Gasteiger partial charge in [0.05, 0.1) is 0 Å². The normalized spacial score (nSPS) is 10.3. The Hall–Kier alpha value is -1.88. The summed E-state index contributed by atoms with van der Waals surface area (Å²) >= 11 is 3.32. The van der Waals surface area contributed by atoms with Gasteiger partial charge in [0.1, 0.15) is 11.4 Å². The number of nitrogen functional groups attached to an aromatic ring is 1. The maximum absolute atomic E-state index is 13.7. The molecule has 0 bridgehead atoms. The van der Waals surface area contributed by atoms with Gasteiger partial charge in [-0.2, -0.15) is 0 Å². The standard InChI is InChI=1S/C13H9BrFNO2/c14-9-3-1-2-7(4-9)8-5-10(15)12(13(17)18)11(16)6-8/h1-6H,16H2,(H,17,18). The van der Waals surface area contributed by atoms with Crippen LogP contribution in [0.5, 0.6) is 0 Å². The highest BCUT2D eigenvalue weighted by Crippen LogP contribution is 2.28. The molecule has 0 aromatic heterocycles. The minimum absolute atomic E-state index is 0.0857. The van der Waals surface area contributed by atoms with Crippen molar-refractivity contribution in [3.8, 4) is 11.1 Å². The average Bonchev–Trinajstić information content (AvgIpc) is 2.27. The summed E-state index contributed by atoms with van der Waals surface area (Å²) in [5.74, 6) is -2.21. The zero-order chi connectivity index (χ0) is 13.3. The van der Waals surface area contributed by atoms with Crippen molar-refractivity contribution < 1.29 is 14.3 Å². The fraction of sp³-hybridized carbons (Fsp3) is 0. The lowest BCUT2D eigenvalue weighted by molar-refractivity contribution is 0.0693. The van der Waals surface area contributed by atoms with Crippen LogP contribution < -0.4 is 5.73 Å². The number of aromatic carboxylic acids is 1. The molecule has 2 aromatic carbocycles. The monoisotopic (exact) mass is 309 g/mol. The lowest BCUT2D eigenvalue weighted by Gasteiger charge is -2.07. The number of nitrogens with two attached hydrogens (primary N) is 1. The third kappa shape index (κ3) is 2.36. The van der Waals surface area contributed by atoms with Crippen LogP contribution in [0.1, 0.15) is 10.4 Å². The Morgan fingerprint density at radius 3 is 2.50 bits per heavy atom. The molecular formula is C13H9BrFNO2. The number of hydrogen-bond donors (Lipinski definition) is 2. The van der Waals surface area contributed by atoms with Gasteiger partial charge in [0.15, 0.2) is 0 Å². The third-order valence-electron chi connectivity index (χ3n) is 2.49. The van der Waals surface area contributed by atoms with Crippen LogP contribution >= 0.6 is 15.9 Å². The van der Waals surface area contributed by atoms with Crippen LogP contribution in [0.25, 0.3) is 11.1 Å². The average molecular weight is 310 g/mol. The molecule has 3 N–H and O–H groups in total. The molecule has 0 unspecified atom stereocenters. The topological polar surface area (TPSA) is 63.3 Å². The molecule has 2 aromatic rings. The highest BCUT2D eigenvalue weighted by atomic mass is 79.9. The van der Waals surface area contributed by atoms with E-state index in [1.807, 2.05) is 6.07 Å². The van der Waals surface area contributed by atoms with Crippen LogP contribution in [0.15, 0.2) is 40.9 Å². The summed E-state index contributed by atoms with van der Waals surface area (Å²) in [6, 6.07) is 9.86. The van der Waals surface area contributed by atoms with Crippen molar-refractivity contribution in [3.05, 3.63) is 52.3 Å². The molecule has 92 valence electrons. The van der Waals surface area contributed by atoms with Gasteiger partial charge in [0.2, 0.25) is 0 Å². The van der Waals surface area contributed by atoms with Crippen LogP contribution in [-0.2, 0) is 0 Å². The van der Waals surface area contributed by atoms with Gasteiger partial charge in [0, 0.05) is 10.2 Å². The second-order valence-corrected chi connectivity index (χ2v) is 4.65. The predicted octanol–water partition coefficient (Wildman–Crippen LogP) is 3.54. The number of hydrogen-bond acceptors (Lipinski definition) is 2. The molecule has 0 heterocycles. The van der Waals surface area contributed by atoms with E-state index in [-0.39, 0.29) is 5.69 Å². The number of benzene rings is 2. The van der Waals surface area contributed by atoms with E-state index in [4.69, 9.17) is 10.8 Å². The van der Waals surface area contributed by atoms with Gasteiger partial charge >= 0.3 is 5.97 Å². The molecule has 0 aliphatic carbocycles. The zero-order valence-corrected chi connectivity index (χ0v) is 10.7. The Morgan fingerprint density at radius 1 is 1.22 bits per heavy atom. The lowest BCUT2D eigenvalue weighted by atomic mass is 10.0. The van der Waals surface area contributed by atoms with Gasteiger partial charge in [-0.25, -0.2) is 9.18 Å². The molecular weight excluding hydrogens is 301 g/mol. The Bertz CT molecular complexity index is 605. The van der Waals surface area contributed by atoms with Gasteiger partial charge in [-0.1, -0.05) is 28.1 Å². The predicted molar refractivity (Wildman–Crippen MR) is 70.9 cm³/mol. The molecule has 3 nitrogen and oxygen atoms in total. The molecule has 18 heavy (non-hydrogen) atoms. The molecule has 0 saturated carbocycles. The van der Waals surface area contributed by atoms with E-state index in [0.717, 1.165) is 10.0 Å². The number of anilines is 1. The number of carboxylic acids is 1. The number of rotatable bonds is 2. The summed E-state index contributed by atoms with van der Waals surface area (Å²) in [5, 5.41) is 8.82. The summed E-state index contributed by atoms with van der Waals surface area (Å²) in [7, 11) is 0. The van der Waals surface area contributed by atoms with Crippen LogP contribution in [0.4, 0.5) is 10.1 Å². The summed E-state index contributed by atoms with van der Waals surface area (Å²) in [4.78, 5) is 10.8. The molecule has 0 amide bonds. The van der Waals surface area contributed by atoms with E-state index in [1.165, 1.54) is 12.1 Å². The van der Waals surface area contributed by atoms with Crippen LogP contribution in [0, 0.1) is 5.82 Å². The van der Waals surface area contributed by atoms with E-state index in [2.05, 4.69) is 15.9 Å². The molecule has 0 fully saturated rings. The maximum Gasteiger partial charge on any atom is 0.340 e. The number of carbonyl (C=O) groups is 1. The quantitative estimate of drug-likeness (QED) is 0.834. The van der Waals surface area contributed by atoms with E-state index in [1.54, 1.807) is 18.2 Å². The minimum atomic E-state index is -1.37. The van der Waals surface area contributed by atoms with Crippen molar-refractivity contribution in [1.29, 1.82) is 0 Å². The highest BCUT2D eigenvalue weighted by Gasteiger charge is 2.16. The number of carboxylic acid groups (broad SMARTS) is 1. The summed E-state index contributed by atoms with van der Waals surface area (Å²) < 4.78 is 14.5. The Kier molecular flexibility index (Phi) is 3.34. The first-order valence-corrected chi connectivity index (χ1v) is 5.86. The largest absolute Gasteiger partial charge is 0.478 e. The molecule has 2 rings (SSSR count). The second-order valence-electron chi connectivity index (χ2n) is 3.74. The van der Waals surface area contributed by atoms with Gasteiger partial charge in [0.25, 0.3) is 0 Å². The van der Waals surface area contributed by atoms with E-state index >= 15 is 0 Å². The summed E-state index contributed by atoms with van der Waals surface area (Å²) in [5.41, 5.74) is 6.28. The maximum atomic E-state index is 13.7.